The lowest BCUT2D eigenvalue weighted by Crippen LogP contribution is -2.34. The fraction of sp³-hybridized carbons (Fsp3) is 0.429. The van der Waals surface area contributed by atoms with Gasteiger partial charge >= 0.3 is 24.0 Å². The highest BCUT2D eigenvalue weighted by Gasteiger charge is 2.38. The second kappa shape index (κ2) is 15.7. The van der Waals surface area contributed by atoms with E-state index in [1.807, 2.05) is 45.9 Å². The molecule has 0 aliphatic carbocycles. The summed E-state index contributed by atoms with van der Waals surface area (Å²) in [6.45, 7) is 20.0. The second-order valence-corrected chi connectivity index (χ2v) is 15.1. The molecule has 13 heteroatoms. The third kappa shape index (κ3) is 7.98. The number of cyclic esters (lactones) is 2. The number of aromatic amines is 2. The fourth-order valence-electron chi connectivity index (χ4n) is 7.43. The third-order valence-electron chi connectivity index (χ3n) is 10.3. The van der Waals surface area contributed by atoms with Crippen molar-refractivity contribution in [3.05, 3.63) is 81.7 Å². The van der Waals surface area contributed by atoms with Gasteiger partial charge in [-0.15, -0.1) is 0 Å². The van der Waals surface area contributed by atoms with Crippen LogP contribution in [0.1, 0.15) is 140 Å². The molecular formula is C42H49N5O8. The zero-order chi connectivity index (χ0) is 39.8. The third-order valence-corrected chi connectivity index (χ3v) is 10.3. The molecule has 3 N–H and O–H groups in total. The number of alkyl carbamates (subject to hydrolysis) is 1. The summed E-state index contributed by atoms with van der Waals surface area (Å²) in [4.78, 5) is 68.7. The molecule has 0 unspecified atom stereocenters. The first kappa shape index (κ1) is 39.1. The molecule has 0 saturated carbocycles. The summed E-state index contributed by atoms with van der Waals surface area (Å²) in [5.74, 6) is -2.46. The maximum absolute atomic E-state index is 13.7. The van der Waals surface area contributed by atoms with Crippen molar-refractivity contribution in [3.8, 4) is 0 Å². The highest BCUT2D eigenvalue weighted by Crippen LogP contribution is 2.44. The van der Waals surface area contributed by atoms with E-state index < -0.39 is 29.6 Å². The number of esters is 3. The topological polar surface area (TPSA) is 175 Å². The molecule has 0 spiro atoms. The maximum Gasteiger partial charge on any atom is 0.407 e. The van der Waals surface area contributed by atoms with Crippen molar-refractivity contribution < 1.29 is 38.1 Å². The van der Waals surface area contributed by atoms with Crippen LogP contribution in [0.5, 0.6) is 0 Å². The SMILES string of the molecule is C=CC1=C(C)c2cc3[nH]c(c4c5[nH]c(cc6nc(cc1n2)C(C)=C6CC)c(C)c5C(=O)OC4=O)[C@@H](CCC(=O)OCCOCCNC(=O)OC(C)(C)C)[C@@H]3C. The van der Waals surface area contributed by atoms with Gasteiger partial charge in [0.2, 0.25) is 0 Å². The van der Waals surface area contributed by atoms with Crippen molar-refractivity contribution in [2.24, 2.45) is 0 Å². The number of fused-ring (bicyclic) bond motifs is 8. The van der Waals surface area contributed by atoms with Crippen LogP contribution in [-0.4, -0.2) is 75.9 Å². The Morgan fingerprint density at radius 2 is 1.65 bits per heavy atom. The number of amides is 1. The Kier molecular flexibility index (Phi) is 11.1. The van der Waals surface area contributed by atoms with Gasteiger partial charge < -0.3 is 34.2 Å². The van der Waals surface area contributed by atoms with Crippen molar-refractivity contribution in [1.29, 1.82) is 0 Å². The second-order valence-electron chi connectivity index (χ2n) is 15.1. The van der Waals surface area contributed by atoms with Crippen LogP contribution in [0.4, 0.5) is 4.79 Å². The van der Waals surface area contributed by atoms with Crippen molar-refractivity contribution in [2.45, 2.75) is 92.1 Å². The Bertz CT molecular complexity index is 2230. The fourth-order valence-corrected chi connectivity index (χ4v) is 7.43. The molecule has 1 amide bonds. The number of nitrogens with zero attached hydrogens (tertiary/aromatic N) is 2. The molecule has 6 rings (SSSR count). The number of aryl methyl sites for hydroxylation is 1. The number of hydrogen-bond acceptors (Lipinski definition) is 10. The molecule has 0 aromatic carbocycles. The Morgan fingerprint density at radius 1 is 0.945 bits per heavy atom. The maximum atomic E-state index is 13.7. The molecule has 55 heavy (non-hydrogen) atoms. The summed E-state index contributed by atoms with van der Waals surface area (Å²) >= 11 is 0. The first-order chi connectivity index (χ1) is 26.1. The van der Waals surface area contributed by atoms with E-state index in [0.717, 1.165) is 57.2 Å². The van der Waals surface area contributed by atoms with Gasteiger partial charge in [-0.2, -0.15) is 0 Å². The molecular weight excluding hydrogens is 702 g/mol. The van der Waals surface area contributed by atoms with Crippen molar-refractivity contribution in [3.63, 3.8) is 0 Å². The number of aromatic nitrogens is 4. The van der Waals surface area contributed by atoms with Gasteiger partial charge in [-0.25, -0.2) is 24.4 Å². The molecule has 8 bridgehead atoms. The first-order valence-electron chi connectivity index (χ1n) is 18.7. The van der Waals surface area contributed by atoms with Gasteiger partial charge in [-0.05, 0) is 94.9 Å². The summed E-state index contributed by atoms with van der Waals surface area (Å²) in [5.41, 5.74) is 9.86. The summed E-state index contributed by atoms with van der Waals surface area (Å²) in [5, 5.41) is 2.61. The van der Waals surface area contributed by atoms with Gasteiger partial charge in [0.25, 0.3) is 0 Å². The number of carbonyl (C=O) groups is 4. The normalized spacial score (nSPS) is 17.2. The van der Waals surface area contributed by atoms with E-state index in [2.05, 4.69) is 28.8 Å². The van der Waals surface area contributed by atoms with Crippen LogP contribution in [0, 0.1) is 6.92 Å². The smallest absolute Gasteiger partial charge is 0.407 e. The first-order valence-corrected chi connectivity index (χ1v) is 18.7. The van der Waals surface area contributed by atoms with Crippen LogP contribution in [-0.2, 0) is 23.7 Å². The molecule has 4 aliphatic rings. The van der Waals surface area contributed by atoms with E-state index in [0.29, 0.717) is 28.7 Å². The minimum atomic E-state index is -0.777. The van der Waals surface area contributed by atoms with Gasteiger partial charge in [-0.3, -0.25) is 4.79 Å². The van der Waals surface area contributed by atoms with E-state index in [9.17, 15) is 19.2 Å². The van der Waals surface area contributed by atoms with Crippen LogP contribution < -0.4 is 5.32 Å². The van der Waals surface area contributed by atoms with Crippen LogP contribution >= 0.6 is 0 Å². The molecule has 6 heterocycles. The van der Waals surface area contributed by atoms with E-state index >= 15 is 0 Å². The number of nitrogens with one attached hydrogen (secondary N) is 3. The number of ether oxygens (including phenoxy) is 4. The highest BCUT2D eigenvalue weighted by molar-refractivity contribution is 6.18. The van der Waals surface area contributed by atoms with Gasteiger partial charge in [-0.1, -0.05) is 26.5 Å². The van der Waals surface area contributed by atoms with Crippen LogP contribution in [0.15, 0.2) is 30.9 Å². The number of carbonyl (C=O) groups excluding carboxylic acids is 4. The molecule has 2 aromatic heterocycles. The lowest BCUT2D eigenvalue weighted by atomic mass is 9.85. The van der Waals surface area contributed by atoms with Gasteiger partial charge in [0, 0.05) is 47.3 Å². The molecule has 2 aromatic rings. The van der Waals surface area contributed by atoms with E-state index in [4.69, 9.17) is 28.9 Å². The van der Waals surface area contributed by atoms with Crippen molar-refractivity contribution in [1.82, 2.24) is 25.3 Å². The van der Waals surface area contributed by atoms with Gasteiger partial charge in [0.1, 0.15) is 17.8 Å². The van der Waals surface area contributed by atoms with Crippen LogP contribution in [0.3, 0.4) is 0 Å². The van der Waals surface area contributed by atoms with Crippen molar-refractivity contribution >= 4 is 57.3 Å². The quantitative estimate of drug-likeness (QED) is 0.0887. The molecule has 4 aliphatic heterocycles. The summed E-state index contributed by atoms with van der Waals surface area (Å²) in [7, 11) is 0. The highest BCUT2D eigenvalue weighted by atomic mass is 16.6. The van der Waals surface area contributed by atoms with Crippen molar-refractivity contribution in [2.75, 3.05) is 26.4 Å². The lowest BCUT2D eigenvalue weighted by Gasteiger charge is -2.19. The molecule has 290 valence electrons. The molecule has 2 atom stereocenters. The van der Waals surface area contributed by atoms with Gasteiger partial charge in [0.05, 0.1) is 47.1 Å². The largest absolute Gasteiger partial charge is 0.463 e. The number of allylic oxidation sites excluding steroid dienone is 5. The molecule has 0 saturated heterocycles. The molecule has 13 nitrogen and oxygen atoms in total. The standard InChI is InChI=1S/C42H49N5O8/c1-10-25-21(3)28-18-30-23(5)27(12-13-34(48)53-17-16-52-15-14-43-41(51)55-42(7,8)9)37(46-30)36-38-35(39(49)54-40(36)50)24(6)31(47-38)20-33-26(11-2)22(4)29(45-33)19-32(25)44-28/h10,18-20,23,27,46-47H,1,11-17H2,2-9H3,(H,43,51)/t23-,27-/m0/s1. The molecule has 0 fully saturated rings. The zero-order valence-electron chi connectivity index (χ0n) is 32.8. The van der Waals surface area contributed by atoms with Crippen LogP contribution in [0.2, 0.25) is 0 Å². The predicted molar refractivity (Wildman–Crippen MR) is 209 cm³/mol. The summed E-state index contributed by atoms with van der Waals surface area (Å²) in [6.07, 6.45) is 2.40. The average molecular weight is 752 g/mol. The Morgan fingerprint density at radius 3 is 2.36 bits per heavy atom. The lowest BCUT2D eigenvalue weighted by molar-refractivity contribution is -0.145. The Labute approximate surface area is 320 Å². The van der Waals surface area contributed by atoms with E-state index in [1.54, 1.807) is 26.8 Å². The minimum absolute atomic E-state index is 0.0352. The average Bonchev–Trinajstić information content (AvgIpc) is 3.79. The minimum Gasteiger partial charge on any atom is -0.463 e. The summed E-state index contributed by atoms with van der Waals surface area (Å²) in [6, 6.07) is 5.87. The molecule has 0 radical (unpaired) electrons. The summed E-state index contributed by atoms with van der Waals surface area (Å²) < 4.78 is 21.5. The van der Waals surface area contributed by atoms with Crippen LogP contribution in [0.25, 0.3) is 33.3 Å². The Balaban J connectivity index is 1.34. The Hall–Kier alpha value is -5.56. The zero-order valence-corrected chi connectivity index (χ0v) is 32.8. The van der Waals surface area contributed by atoms with E-state index in [-0.39, 0.29) is 55.7 Å². The number of hydrogen-bond donors (Lipinski definition) is 3. The number of rotatable bonds is 11. The number of H-pyrrole nitrogens is 2. The predicted octanol–water partition coefficient (Wildman–Crippen LogP) is 7.87. The van der Waals surface area contributed by atoms with E-state index in [1.165, 1.54) is 0 Å². The monoisotopic (exact) mass is 751 g/mol. The van der Waals surface area contributed by atoms with Gasteiger partial charge in [0.15, 0.2) is 0 Å².